The summed E-state index contributed by atoms with van der Waals surface area (Å²) in [5, 5.41) is 4.79. The van der Waals surface area contributed by atoms with Gasteiger partial charge >= 0.3 is 0 Å². The fraction of sp³-hybridized carbons (Fsp3) is 0.412. The molecule has 2 nitrogen and oxygen atoms in total. The van der Waals surface area contributed by atoms with Gasteiger partial charge in [-0.1, -0.05) is 32.1 Å². The quantitative estimate of drug-likeness (QED) is 0.583. The van der Waals surface area contributed by atoms with Gasteiger partial charge in [-0.15, -0.1) is 6.58 Å². The van der Waals surface area contributed by atoms with Crippen molar-refractivity contribution in [3.63, 3.8) is 0 Å². The van der Waals surface area contributed by atoms with Crippen molar-refractivity contribution >= 4 is 10.9 Å². The topological polar surface area (TPSA) is 17.0 Å². The highest BCUT2D eigenvalue weighted by Crippen LogP contribution is 2.18. The van der Waals surface area contributed by atoms with Gasteiger partial charge in [-0.2, -0.15) is 0 Å². The number of nitrogens with zero attached hydrogens (tertiary/aromatic N) is 1. The van der Waals surface area contributed by atoms with Crippen molar-refractivity contribution in [2.24, 2.45) is 0 Å². The lowest BCUT2D eigenvalue weighted by Crippen LogP contribution is -2.21. The Labute approximate surface area is 116 Å². The molecule has 0 bridgehead atoms. The van der Waals surface area contributed by atoms with E-state index in [1.54, 1.807) is 0 Å². The number of benzene rings is 1. The van der Waals surface area contributed by atoms with Gasteiger partial charge < -0.3 is 9.88 Å². The number of aromatic nitrogens is 1. The zero-order valence-corrected chi connectivity index (χ0v) is 12.0. The van der Waals surface area contributed by atoms with Crippen molar-refractivity contribution in [3.05, 3.63) is 48.7 Å². The average Bonchev–Trinajstić information content (AvgIpc) is 2.79. The number of allylic oxidation sites excluding steroid dienone is 1. The van der Waals surface area contributed by atoms with E-state index < -0.39 is 0 Å². The molecule has 0 aliphatic rings. The summed E-state index contributed by atoms with van der Waals surface area (Å²) in [6, 6.07) is 9.46. The number of fused-ring (bicyclic) bond motifs is 1. The third kappa shape index (κ3) is 3.71. The lowest BCUT2D eigenvalue weighted by molar-refractivity contribution is 0.589. The Kier molecular flexibility index (Phi) is 4.80. The maximum Gasteiger partial charge on any atom is 0.0483 e. The maximum atomic E-state index is 3.78. The molecule has 1 N–H and O–H groups in total. The summed E-state index contributed by atoms with van der Waals surface area (Å²) in [4.78, 5) is 0. The molecule has 2 rings (SSSR count). The zero-order valence-electron chi connectivity index (χ0n) is 12.0. The van der Waals surface area contributed by atoms with Crippen molar-refractivity contribution in [1.29, 1.82) is 0 Å². The summed E-state index contributed by atoms with van der Waals surface area (Å²) in [6.07, 6.45) is 6.41. The molecule has 1 aromatic carbocycles. The molecule has 0 amide bonds. The van der Waals surface area contributed by atoms with E-state index >= 15 is 0 Å². The van der Waals surface area contributed by atoms with Crippen LogP contribution in [0.5, 0.6) is 0 Å². The molecule has 1 heterocycles. The van der Waals surface area contributed by atoms with Crippen molar-refractivity contribution < 1.29 is 0 Å². The van der Waals surface area contributed by atoms with Crippen molar-refractivity contribution in [1.82, 2.24) is 9.88 Å². The van der Waals surface area contributed by atoms with E-state index in [4.69, 9.17) is 0 Å². The van der Waals surface area contributed by atoms with E-state index in [1.165, 1.54) is 16.5 Å². The Balaban J connectivity index is 2.14. The second-order valence-electron chi connectivity index (χ2n) is 5.37. The normalized spacial score (nSPS) is 11.3. The van der Waals surface area contributed by atoms with Gasteiger partial charge in [0.1, 0.15) is 0 Å². The van der Waals surface area contributed by atoms with Crippen LogP contribution in [-0.2, 0) is 13.1 Å². The Morgan fingerprint density at radius 1 is 1.32 bits per heavy atom. The van der Waals surface area contributed by atoms with Gasteiger partial charge in [0.25, 0.3) is 0 Å². The van der Waals surface area contributed by atoms with E-state index in [-0.39, 0.29) is 0 Å². The van der Waals surface area contributed by atoms with E-state index in [0.29, 0.717) is 6.04 Å². The first kappa shape index (κ1) is 13.9. The molecule has 0 atom stereocenters. The van der Waals surface area contributed by atoms with Gasteiger partial charge in [0, 0.05) is 30.8 Å². The fourth-order valence-corrected chi connectivity index (χ4v) is 2.26. The molecule has 0 aliphatic carbocycles. The van der Waals surface area contributed by atoms with Gasteiger partial charge in [-0.3, -0.25) is 0 Å². The number of rotatable bonds is 7. The van der Waals surface area contributed by atoms with E-state index in [1.807, 2.05) is 6.08 Å². The zero-order chi connectivity index (χ0) is 13.7. The van der Waals surface area contributed by atoms with Crippen LogP contribution in [0, 0.1) is 0 Å². The van der Waals surface area contributed by atoms with Crippen LogP contribution < -0.4 is 5.32 Å². The predicted octanol–water partition coefficient (Wildman–Crippen LogP) is 4.11. The Hall–Kier alpha value is -1.54. The number of hydrogen-bond acceptors (Lipinski definition) is 1. The van der Waals surface area contributed by atoms with Crippen LogP contribution in [0.4, 0.5) is 0 Å². The summed E-state index contributed by atoms with van der Waals surface area (Å²) < 4.78 is 2.34. The van der Waals surface area contributed by atoms with Crippen molar-refractivity contribution in [2.45, 2.75) is 45.8 Å². The third-order valence-electron chi connectivity index (χ3n) is 3.36. The van der Waals surface area contributed by atoms with Crippen LogP contribution in [0.1, 0.15) is 32.3 Å². The minimum absolute atomic E-state index is 0.523. The molecule has 102 valence electrons. The van der Waals surface area contributed by atoms with Gasteiger partial charge in [0.15, 0.2) is 0 Å². The Morgan fingerprint density at radius 3 is 2.89 bits per heavy atom. The molecule has 0 unspecified atom stereocenters. The van der Waals surface area contributed by atoms with Crippen LogP contribution in [0.3, 0.4) is 0 Å². The maximum absolute atomic E-state index is 3.78. The lowest BCUT2D eigenvalue weighted by Gasteiger charge is -2.09. The SMILES string of the molecule is C=CCCCn1ccc2ccc(CNC(C)C)cc21. The summed E-state index contributed by atoms with van der Waals surface area (Å²) in [7, 11) is 0. The molecule has 19 heavy (non-hydrogen) atoms. The van der Waals surface area contributed by atoms with E-state index in [0.717, 1.165) is 25.9 Å². The largest absolute Gasteiger partial charge is 0.347 e. The third-order valence-corrected chi connectivity index (χ3v) is 3.36. The summed E-state index contributed by atoms with van der Waals surface area (Å²) in [5.74, 6) is 0. The molecule has 0 fully saturated rings. The van der Waals surface area contributed by atoms with Gasteiger partial charge in [-0.05, 0) is 35.9 Å². The minimum atomic E-state index is 0.523. The molecular formula is C17H24N2. The van der Waals surface area contributed by atoms with Crippen molar-refractivity contribution in [2.75, 3.05) is 0 Å². The van der Waals surface area contributed by atoms with Crippen LogP contribution in [0.15, 0.2) is 43.1 Å². The van der Waals surface area contributed by atoms with Crippen LogP contribution >= 0.6 is 0 Å². The number of unbranched alkanes of at least 4 members (excludes halogenated alkanes) is 1. The average molecular weight is 256 g/mol. The van der Waals surface area contributed by atoms with E-state index in [9.17, 15) is 0 Å². The molecule has 2 heteroatoms. The highest BCUT2D eigenvalue weighted by atomic mass is 14.9. The standard InChI is InChI=1S/C17H24N2/c1-4-5-6-10-19-11-9-16-8-7-15(12-17(16)19)13-18-14(2)3/h4,7-9,11-12,14,18H,1,5-6,10,13H2,2-3H3. The molecule has 0 spiro atoms. The molecular weight excluding hydrogens is 232 g/mol. The molecule has 0 aliphatic heterocycles. The van der Waals surface area contributed by atoms with Crippen molar-refractivity contribution in [3.8, 4) is 0 Å². The highest BCUT2D eigenvalue weighted by Gasteiger charge is 2.03. The number of nitrogens with one attached hydrogen (secondary N) is 1. The Bertz CT molecular complexity index is 537. The second kappa shape index (κ2) is 6.58. The first-order valence-electron chi connectivity index (χ1n) is 7.13. The number of hydrogen-bond donors (Lipinski definition) is 1. The highest BCUT2D eigenvalue weighted by molar-refractivity contribution is 5.80. The van der Waals surface area contributed by atoms with Gasteiger partial charge in [-0.25, -0.2) is 0 Å². The predicted molar refractivity (Wildman–Crippen MR) is 83.3 cm³/mol. The molecule has 0 saturated heterocycles. The molecule has 2 aromatic rings. The van der Waals surface area contributed by atoms with Crippen LogP contribution in [-0.4, -0.2) is 10.6 Å². The van der Waals surface area contributed by atoms with Crippen LogP contribution in [0.2, 0.25) is 0 Å². The summed E-state index contributed by atoms with van der Waals surface area (Å²) >= 11 is 0. The summed E-state index contributed by atoms with van der Waals surface area (Å²) in [5.41, 5.74) is 2.69. The van der Waals surface area contributed by atoms with Gasteiger partial charge in [0.05, 0.1) is 0 Å². The molecule has 0 saturated carbocycles. The van der Waals surface area contributed by atoms with E-state index in [2.05, 4.69) is 60.8 Å². The molecule has 0 radical (unpaired) electrons. The second-order valence-corrected chi connectivity index (χ2v) is 5.37. The van der Waals surface area contributed by atoms with Crippen LogP contribution in [0.25, 0.3) is 10.9 Å². The smallest absolute Gasteiger partial charge is 0.0483 e. The minimum Gasteiger partial charge on any atom is -0.347 e. The first-order chi connectivity index (χ1) is 9.20. The number of aryl methyl sites for hydroxylation is 1. The Morgan fingerprint density at radius 2 is 2.16 bits per heavy atom. The fourth-order valence-electron chi connectivity index (χ4n) is 2.26. The summed E-state index contributed by atoms with van der Waals surface area (Å²) in [6.45, 7) is 10.1. The lowest BCUT2D eigenvalue weighted by atomic mass is 10.1. The molecule has 1 aromatic heterocycles. The van der Waals surface area contributed by atoms with Gasteiger partial charge in [0.2, 0.25) is 0 Å². The monoisotopic (exact) mass is 256 g/mol. The first-order valence-corrected chi connectivity index (χ1v) is 7.13.